The van der Waals surface area contributed by atoms with Crippen LogP contribution in [0.1, 0.15) is 67.7 Å². The van der Waals surface area contributed by atoms with Gasteiger partial charge in [-0.25, -0.2) is 9.59 Å². The number of aliphatic imine (C=N–C) groups is 1. The van der Waals surface area contributed by atoms with Gasteiger partial charge in [0.25, 0.3) is 0 Å². The van der Waals surface area contributed by atoms with E-state index in [0.29, 0.717) is 5.71 Å². The number of carbonyl (C=O) groups is 3. The van der Waals surface area contributed by atoms with Crippen LogP contribution in [0.4, 0.5) is 9.59 Å². The van der Waals surface area contributed by atoms with Gasteiger partial charge >= 0.3 is 18.2 Å². The maximum Gasteiger partial charge on any atom is 0.515 e. The Kier molecular flexibility index (Phi) is 5.93. The van der Waals surface area contributed by atoms with E-state index < -0.39 is 39.3 Å². The van der Waals surface area contributed by atoms with Crippen LogP contribution in [0.25, 0.3) is 0 Å². The zero-order valence-electron chi connectivity index (χ0n) is 16.8. The van der Waals surface area contributed by atoms with Gasteiger partial charge in [-0.2, -0.15) is 14.3 Å². The number of hydrogen-bond donors (Lipinski definition) is 2. The molecule has 8 heteroatoms. The molecule has 0 spiro atoms. The molecule has 2 atom stereocenters. The summed E-state index contributed by atoms with van der Waals surface area (Å²) < 4.78 is 4.47. The monoisotopic (exact) mass is 371 g/mol. The molecule has 0 aromatic carbocycles. The second kappa shape index (κ2) is 6.98. The Bertz CT molecular complexity index is 629. The zero-order valence-corrected chi connectivity index (χ0v) is 16.8. The van der Waals surface area contributed by atoms with Crippen molar-refractivity contribution in [1.29, 1.82) is 0 Å². The van der Waals surface area contributed by atoms with Crippen LogP contribution in [0.2, 0.25) is 0 Å². The maximum atomic E-state index is 12.4. The van der Waals surface area contributed by atoms with Gasteiger partial charge in [0.05, 0.1) is 5.71 Å². The van der Waals surface area contributed by atoms with Crippen molar-refractivity contribution < 1.29 is 33.8 Å². The second-order valence-corrected chi connectivity index (χ2v) is 8.77. The van der Waals surface area contributed by atoms with Crippen LogP contribution in [0.15, 0.2) is 4.99 Å². The van der Waals surface area contributed by atoms with Crippen LogP contribution in [0.5, 0.6) is 0 Å². The molecule has 1 aliphatic heterocycles. The molecule has 26 heavy (non-hydrogen) atoms. The number of piperidine rings is 1. The number of carbonyl (C=O) groups excluding carboxylic acids is 1. The van der Waals surface area contributed by atoms with Gasteiger partial charge < -0.3 is 14.9 Å². The third-order valence-corrected chi connectivity index (χ3v) is 5.08. The van der Waals surface area contributed by atoms with Gasteiger partial charge in [0.2, 0.25) is 5.54 Å². The number of nitrogens with zero attached hydrogens (tertiary/aromatic N) is 2. The van der Waals surface area contributed by atoms with Gasteiger partial charge in [-0.05, 0) is 48.0 Å². The molecule has 8 nitrogen and oxygen atoms in total. The van der Waals surface area contributed by atoms with E-state index in [1.807, 2.05) is 0 Å². The molecule has 148 valence electrons. The summed E-state index contributed by atoms with van der Waals surface area (Å²) in [6.07, 6.45) is -1.54. The summed E-state index contributed by atoms with van der Waals surface area (Å²) in [6.45, 7) is 11.8. The molecule has 1 saturated heterocycles. The fraction of sp³-hybridized carbons (Fsp3) is 0.778. The number of quaternary nitrogens is 1. The minimum atomic E-state index is -1.49. The van der Waals surface area contributed by atoms with Crippen LogP contribution in [0.3, 0.4) is 0 Å². The lowest BCUT2D eigenvalue weighted by Gasteiger charge is -2.55. The Morgan fingerprint density at radius 1 is 1.15 bits per heavy atom. The van der Waals surface area contributed by atoms with Crippen molar-refractivity contribution in [2.24, 2.45) is 4.99 Å². The average Bonchev–Trinajstić information content (AvgIpc) is 2.43. The van der Waals surface area contributed by atoms with E-state index in [0.717, 1.165) is 0 Å². The zero-order chi connectivity index (χ0) is 20.6. The Labute approximate surface area is 154 Å². The lowest BCUT2D eigenvalue weighted by molar-refractivity contribution is -0.938. The topological polar surface area (TPSA) is 113 Å². The fourth-order valence-corrected chi connectivity index (χ4v) is 3.84. The summed E-state index contributed by atoms with van der Waals surface area (Å²) in [7, 11) is 0. The highest BCUT2D eigenvalue weighted by molar-refractivity contribution is 5.97. The van der Waals surface area contributed by atoms with Crippen molar-refractivity contribution in [3.8, 4) is 0 Å². The summed E-state index contributed by atoms with van der Waals surface area (Å²) >= 11 is 0. The predicted molar refractivity (Wildman–Crippen MR) is 96.5 cm³/mol. The van der Waals surface area contributed by atoms with E-state index in [4.69, 9.17) is 4.74 Å². The average molecular weight is 371 g/mol. The highest BCUT2D eigenvalue weighted by Crippen LogP contribution is 2.44. The Morgan fingerprint density at radius 2 is 1.69 bits per heavy atom. The van der Waals surface area contributed by atoms with Crippen molar-refractivity contribution in [3.63, 3.8) is 0 Å². The van der Waals surface area contributed by atoms with E-state index in [1.165, 1.54) is 0 Å². The molecule has 1 fully saturated rings. The van der Waals surface area contributed by atoms with Crippen LogP contribution >= 0.6 is 0 Å². The summed E-state index contributed by atoms with van der Waals surface area (Å²) in [6, 6.07) is 0. The standard InChI is InChI=1S/C18H30N2O6/c1-8-18(13(21)22)10-9-12(19-14(23)26-17(5,6)7)11-20(18,15(24)25)16(2,3)4/h8-11H2,1-7H3,(H-,21,22,24,25)/p+1/b19-12-/t18?,20-/m0/s1. The van der Waals surface area contributed by atoms with Gasteiger partial charge in [-0.1, -0.05) is 6.92 Å². The molecule has 0 aromatic heterocycles. The molecule has 2 N–H and O–H groups in total. The first kappa shape index (κ1) is 22.1. The van der Waals surface area contributed by atoms with Crippen molar-refractivity contribution >= 4 is 23.9 Å². The number of rotatable bonds is 2. The number of amides is 2. The van der Waals surface area contributed by atoms with Gasteiger partial charge in [0.1, 0.15) is 17.7 Å². The molecule has 0 aromatic rings. The molecular formula is C18H31N2O6+. The minimum Gasteiger partial charge on any atom is -0.477 e. The smallest absolute Gasteiger partial charge is 0.477 e. The van der Waals surface area contributed by atoms with E-state index in [2.05, 4.69) is 4.99 Å². The number of ether oxygens (including phenoxy) is 1. The number of likely N-dealkylation sites (tertiary alicyclic amines) is 1. The molecule has 0 bridgehead atoms. The number of carboxylic acid groups (broad SMARTS) is 2. The normalized spacial score (nSPS) is 28.7. The fourth-order valence-electron chi connectivity index (χ4n) is 3.84. The summed E-state index contributed by atoms with van der Waals surface area (Å²) in [5, 5.41) is 20.1. The molecule has 0 radical (unpaired) electrons. The quantitative estimate of drug-likeness (QED) is 0.716. The summed E-state index contributed by atoms with van der Waals surface area (Å²) in [4.78, 5) is 40.6. The van der Waals surface area contributed by atoms with Crippen molar-refractivity contribution in [2.75, 3.05) is 6.54 Å². The van der Waals surface area contributed by atoms with Gasteiger partial charge in [0.15, 0.2) is 0 Å². The summed E-state index contributed by atoms with van der Waals surface area (Å²) in [5.74, 6) is -1.14. The Balaban J connectivity index is 3.48. The summed E-state index contributed by atoms with van der Waals surface area (Å²) in [5.41, 5.74) is -2.78. The Hall–Kier alpha value is -1.96. The SMILES string of the molecule is CCC1(C(=O)O)CC/C(=N/C(=O)OC(C)(C)C)C[N@+]1(C(=O)O)C(C)(C)C. The lowest BCUT2D eigenvalue weighted by Crippen LogP contribution is -2.79. The van der Waals surface area contributed by atoms with Crippen molar-refractivity contribution in [1.82, 2.24) is 0 Å². The van der Waals surface area contributed by atoms with E-state index in [9.17, 15) is 24.6 Å². The predicted octanol–water partition coefficient (Wildman–Crippen LogP) is 3.68. The first-order valence-electron chi connectivity index (χ1n) is 8.77. The van der Waals surface area contributed by atoms with Crippen LogP contribution in [-0.4, -0.2) is 61.8 Å². The Morgan fingerprint density at radius 3 is 2.04 bits per heavy atom. The third-order valence-electron chi connectivity index (χ3n) is 5.08. The molecular weight excluding hydrogens is 340 g/mol. The largest absolute Gasteiger partial charge is 0.515 e. The molecule has 0 aliphatic carbocycles. The van der Waals surface area contributed by atoms with Crippen LogP contribution in [-0.2, 0) is 9.53 Å². The van der Waals surface area contributed by atoms with Crippen molar-refractivity contribution in [2.45, 2.75) is 84.4 Å². The van der Waals surface area contributed by atoms with Gasteiger partial charge in [-0.15, -0.1) is 0 Å². The lowest BCUT2D eigenvalue weighted by atomic mass is 9.76. The first-order valence-corrected chi connectivity index (χ1v) is 8.77. The molecule has 2 amide bonds. The number of carboxylic acids is 1. The van der Waals surface area contributed by atoms with Crippen molar-refractivity contribution in [3.05, 3.63) is 0 Å². The van der Waals surface area contributed by atoms with Crippen LogP contribution < -0.4 is 0 Å². The van der Waals surface area contributed by atoms with E-state index >= 15 is 0 Å². The van der Waals surface area contributed by atoms with Gasteiger partial charge in [0, 0.05) is 12.8 Å². The number of aliphatic carboxylic acids is 1. The third kappa shape index (κ3) is 3.75. The molecule has 1 heterocycles. The molecule has 1 rings (SSSR count). The molecule has 1 unspecified atom stereocenters. The maximum absolute atomic E-state index is 12.4. The van der Waals surface area contributed by atoms with E-state index in [1.54, 1.807) is 48.5 Å². The highest BCUT2D eigenvalue weighted by Gasteiger charge is 2.68. The number of hydrogen-bond acceptors (Lipinski definition) is 4. The highest BCUT2D eigenvalue weighted by atomic mass is 16.6. The van der Waals surface area contributed by atoms with Crippen LogP contribution in [0, 0.1) is 0 Å². The van der Waals surface area contributed by atoms with Gasteiger partial charge in [-0.3, -0.25) is 0 Å². The minimum absolute atomic E-state index is 0.0873. The second-order valence-electron chi connectivity index (χ2n) is 8.77. The first-order chi connectivity index (χ1) is 11.6. The van der Waals surface area contributed by atoms with E-state index in [-0.39, 0.29) is 25.8 Å². The molecule has 0 saturated carbocycles. The molecule has 1 aliphatic rings.